The standard InChI is InChI=1S/C16H10Cl2O2/c17-16(18)13(19)8-9-4-3-7-11-10-5-1-2-6-12(10)15(20)14(9)11/h1-7,16H,8H2. The lowest BCUT2D eigenvalue weighted by Gasteiger charge is -2.07. The average molecular weight is 305 g/mol. The maximum Gasteiger partial charge on any atom is 0.194 e. The summed E-state index contributed by atoms with van der Waals surface area (Å²) in [5.74, 6) is -0.342. The summed E-state index contributed by atoms with van der Waals surface area (Å²) in [5.41, 5.74) is 3.73. The third-order valence-corrected chi connectivity index (χ3v) is 3.93. The number of carbonyl (C=O) groups excluding carboxylic acids is 2. The summed E-state index contributed by atoms with van der Waals surface area (Å²) in [4.78, 5) is 23.1. The van der Waals surface area contributed by atoms with Crippen molar-refractivity contribution >= 4 is 34.8 Å². The van der Waals surface area contributed by atoms with Crippen molar-refractivity contribution in [2.24, 2.45) is 0 Å². The number of halogens is 2. The summed E-state index contributed by atoms with van der Waals surface area (Å²) < 4.78 is 0. The Morgan fingerprint density at radius 2 is 1.60 bits per heavy atom. The molecule has 1 aliphatic carbocycles. The average Bonchev–Trinajstić information content (AvgIpc) is 2.74. The van der Waals surface area contributed by atoms with E-state index < -0.39 is 4.84 Å². The first kappa shape index (κ1) is 13.3. The van der Waals surface area contributed by atoms with Crippen LogP contribution in [0.2, 0.25) is 0 Å². The Morgan fingerprint density at radius 1 is 0.950 bits per heavy atom. The van der Waals surface area contributed by atoms with Gasteiger partial charge >= 0.3 is 0 Å². The zero-order valence-electron chi connectivity index (χ0n) is 10.4. The van der Waals surface area contributed by atoms with Crippen LogP contribution in [0.1, 0.15) is 21.5 Å². The molecule has 0 bridgehead atoms. The monoisotopic (exact) mass is 304 g/mol. The van der Waals surface area contributed by atoms with E-state index in [4.69, 9.17) is 23.2 Å². The Labute approximate surface area is 126 Å². The van der Waals surface area contributed by atoms with Gasteiger partial charge in [-0.3, -0.25) is 9.59 Å². The summed E-state index contributed by atoms with van der Waals surface area (Å²) in [5, 5.41) is 0. The molecule has 0 aromatic heterocycles. The van der Waals surface area contributed by atoms with Crippen molar-refractivity contribution in [3.8, 4) is 11.1 Å². The first-order valence-corrected chi connectivity index (χ1v) is 7.03. The van der Waals surface area contributed by atoms with Crippen molar-refractivity contribution in [3.05, 3.63) is 59.2 Å². The number of hydrogen-bond donors (Lipinski definition) is 0. The van der Waals surface area contributed by atoms with Crippen LogP contribution in [0.25, 0.3) is 11.1 Å². The minimum atomic E-state index is -1.07. The van der Waals surface area contributed by atoms with Gasteiger partial charge in [-0.1, -0.05) is 65.7 Å². The molecule has 4 heteroatoms. The van der Waals surface area contributed by atoms with E-state index in [0.717, 1.165) is 11.1 Å². The number of hydrogen-bond acceptors (Lipinski definition) is 2. The minimum absolute atomic E-state index is 0.0419. The lowest BCUT2D eigenvalue weighted by atomic mass is 9.97. The highest BCUT2D eigenvalue weighted by molar-refractivity contribution is 6.53. The van der Waals surface area contributed by atoms with Crippen molar-refractivity contribution < 1.29 is 9.59 Å². The second-order valence-electron chi connectivity index (χ2n) is 4.66. The molecule has 3 rings (SSSR count). The fourth-order valence-electron chi connectivity index (χ4n) is 2.56. The zero-order chi connectivity index (χ0) is 14.3. The predicted octanol–water partition coefficient (Wildman–Crippen LogP) is 3.81. The van der Waals surface area contributed by atoms with Crippen molar-refractivity contribution in [2.45, 2.75) is 11.3 Å². The molecular weight excluding hydrogens is 295 g/mol. The van der Waals surface area contributed by atoms with Gasteiger partial charge < -0.3 is 0 Å². The van der Waals surface area contributed by atoms with Crippen LogP contribution in [-0.4, -0.2) is 16.4 Å². The molecule has 20 heavy (non-hydrogen) atoms. The second-order valence-corrected chi connectivity index (χ2v) is 5.75. The van der Waals surface area contributed by atoms with E-state index in [1.54, 1.807) is 12.1 Å². The zero-order valence-corrected chi connectivity index (χ0v) is 11.9. The Bertz CT molecular complexity index is 720. The Balaban J connectivity index is 2.11. The van der Waals surface area contributed by atoms with Crippen molar-refractivity contribution in [1.82, 2.24) is 0 Å². The van der Waals surface area contributed by atoms with E-state index >= 15 is 0 Å². The number of carbonyl (C=O) groups is 2. The second kappa shape index (κ2) is 5.04. The molecule has 0 atom stereocenters. The Morgan fingerprint density at radius 3 is 2.30 bits per heavy atom. The van der Waals surface area contributed by atoms with E-state index in [9.17, 15) is 9.59 Å². The third kappa shape index (κ3) is 2.05. The van der Waals surface area contributed by atoms with Gasteiger partial charge in [0.15, 0.2) is 16.4 Å². The molecule has 0 saturated heterocycles. The molecule has 0 amide bonds. The van der Waals surface area contributed by atoms with Crippen LogP contribution in [-0.2, 0) is 11.2 Å². The maximum absolute atomic E-state index is 12.5. The van der Waals surface area contributed by atoms with E-state index in [0.29, 0.717) is 16.7 Å². The largest absolute Gasteiger partial charge is 0.296 e. The quantitative estimate of drug-likeness (QED) is 0.690. The first-order chi connectivity index (χ1) is 9.59. The number of fused-ring (bicyclic) bond motifs is 3. The Hall–Kier alpha value is -1.64. The minimum Gasteiger partial charge on any atom is -0.296 e. The van der Waals surface area contributed by atoms with Crippen LogP contribution < -0.4 is 0 Å². The van der Waals surface area contributed by atoms with E-state index in [1.165, 1.54) is 0 Å². The number of alkyl halides is 2. The molecule has 2 aromatic rings. The smallest absolute Gasteiger partial charge is 0.194 e. The normalized spacial score (nSPS) is 12.4. The molecule has 100 valence electrons. The molecule has 0 fully saturated rings. The van der Waals surface area contributed by atoms with Crippen LogP contribution in [0.4, 0.5) is 0 Å². The van der Waals surface area contributed by atoms with Gasteiger partial charge in [-0.25, -0.2) is 0 Å². The lowest BCUT2D eigenvalue weighted by molar-refractivity contribution is -0.116. The van der Waals surface area contributed by atoms with Crippen molar-refractivity contribution in [2.75, 3.05) is 0 Å². The number of rotatable bonds is 3. The molecule has 1 aliphatic rings. The molecule has 0 aliphatic heterocycles. The summed E-state index contributed by atoms with van der Waals surface area (Å²) in [6, 6.07) is 13.0. The highest BCUT2D eigenvalue weighted by Crippen LogP contribution is 2.38. The topological polar surface area (TPSA) is 34.1 Å². The number of ketones is 2. The van der Waals surface area contributed by atoms with Crippen LogP contribution in [0.15, 0.2) is 42.5 Å². The van der Waals surface area contributed by atoms with Gasteiger partial charge in [0.25, 0.3) is 0 Å². The predicted molar refractivity (Wildman–Crippen MR) is 79.5 cm³/mol. The van der Waals surface area contributed by atoms with Gasteiger partial charge in [-0.2, -0.15) is 0 Å². The maximum atomic E-state index is 12.5. The van der Waals surface area contributed by atoms with Crippen LogP contribution in [0.3, 0.4) is 0 Å². The molecule has 0 unspecified atom stereocenters. The molecule has 0 radical (unpaired) electrons. The van der Waals surface area contributed by atoms with Crippen molar-refractivity contribution in [1.29, 1.82) is 0 Å². The van der Waals surface area contributed by atoms with Gasteiger partial charge in [0.2, 0.25) is 0 Å². The van der Waals surface area contributed by atoms with Gasteiger partial charge in [0, 0.05) is 17.5 Å². The van der Waals surface area contributed by atoms with Crippen LogP contribution in [0.5, 0.6) is 0 Å². The lowest BCUT2D eigenvalue weighted by Crippen LogP contribution is -2.13. The number of Topliss-reactive ketones (excluding diaryl/α,β-unsaturated/α-hetero) is 1. The Kier molecular flexibility index (Phi) is 3.36. The highest BCUT2D eigenvalue weighted by atomic mass is 35.5. The van der Waals surface area contributed by atoms with Gasteiger partial charge in [-0.05, 0) is 16.7 Å². The van der Waals surface area contributed by atoms with E-state index in [2.05, 4.69) is 0 Å². The fraction of sp³-hybridized carbons (Fsp3) is 0.125. The molecule has 0 heterocycles. The SMILES string of the molecule is O=C1c2ccccc2-c2cccc(CC(=O)C(Cl)Cl)c21. The molecule has 0 saturated carbocycles. The first-order valence-electron chi connectivity index (χ1n) is 6.16. The molecule has 0 N–H and O–H groups in total. The van der Waals surface area contributed by atoms with Crippen molar-refractivity contribution in [3.63, 3.8) is 0 Å². The fourth-order valence-corrected chi connectivity index (χ4v) is 2.71. The molecule has 2 aromatic carbocycles. The molecule has 0 spiro atoms. The van der Waals surface area contributed by atoms with Gasteiger partial charge in [-0.15, -0.1) is 0 Å². The van der Waals surface area contributed by atoms with Gasteiger partial charge in [0.1, 0.15) is 0 Å². The summed E-state index contributed by atoms with van der Waals surface area (Å²) in [6.45, 7) is 0. The third-order valence-electron chi connectivity index (χ3n) is 3.45. The number of benzene rings is 2. The van der Waals surface area contributed by atoms with Crippen LogP contribution >= 0.6 is 23.2 Å². The molecule has 2 nitrogen and oxygen atoms in total. The van der Waals surface area contributed by atoms with Gasteiger partial charge in [0.05, 0.1) is 0 Å². The summed E-state index contributed by atoms with van der Waals surface area (Å²) >= 11 is 11.2. The summed E-state index contributed by atoms with van der Waals surface area (Å²) in [6.07, 6.45) is 0.0700. The molecular formula is C16H10Cl2O2. The van der Waals surface area contributed by atoms with E-state index in [-0.39, 0.29) is 18.0 Å². The van der Waals surface area contributed by atoms with Crippen LogP contribution in [0, 0.1) is 0 Å². The summed E-state index contributed by atoms with van der Waals surface area (Å²) in [7, 11) is 0. The highest BCUT2D eigenvalue weighted by Gasteiger charge is 2.29. The van der Waals surface area contributed by atoms with E-state index in [1.807, 2.05) is 30.3 Å².